The molecule has 0 aliphatic rings. The third kappa shape index (κ3) is 2.92. The molecule has 2 aromatic rings. The Hall–Kier alpha value is -2.21. The van der Waals surface area contributed by atoms with Crippen molar-refractivity contribution in [1.29, 1.82) is 0 Å². The lowest BCUT2D eigenvalue weighted by molar-refractivity contribution is 0.262. The Morgan fingerprint density at radius 3 is 2.78 bits per heavy atom. The summed E-state index contributed by atoms with van der Waals surface area (Å²) in [6.07, 6.45) is 0. The Bertz CT molecular complexity index is 583. The van der Waals surface area contributed by atoms with Crippen LogP contribution in [0.15, 0.2) is 28.8 Å². The molecular formula is C11H10ClN3O3. The molecule has 0 bridgehead atoms. The highest BCUT2D eigenvalue weighted by molar-refractivity contribution is 6.34. The fourth-order valence-electron chi connectivity index (χ4n) is 1.30. The minimum absolute atomic E-state index is 0.0260. The van der Waals surface area contributed by atoms with Crippen LogP contribution in [0.2, 0.25) is 5.02 Å². The number of urea groups is 1. The fourth-order valence-corrected chi connectivity index (χ4v) is 1.52. The molecule has 0 aliphatic heterocycles. The first kappa shape index (κ1) is 12.3. The number of nitrogens with zero attached hydrogens (tertiary/aromatic N) is 1. The van der Waals surface area contributed by atoms with E-state index in [4.69, 9.17) is 16.1 Å². The average Bonchev–Trinajstić information content (AvgIpc) is 2.68. The van der Waals surface area contributed by atoms with Crippen LogP contribution in [0.4, 0.5) is 16.3 Å². The maximum Gasteiger partial charge on any atom is 0.324 e. The number of benzene rings is 1. The Morgan fingerprint density at radius 2 is 2.17 bits per heavy atom. The van der Waals surface area contributed by atoms with Gasteiger partial charge >= 0.3 is 6.03 Å². The van der Waals surface area contributed by atoms with Crippen LogP contribution in [-0.4, -0.2) is 16.3 Å². The number of nitrogens with one attached hydrogen (secondary N) is 2. The van der Waals surface area contributed by atoms with Gasteiger partial charge in [0.1, 0.15) is 11.5 Å². The zero-order valence-electron chi connectivity index (χ0n) is 9.40. The number of carbonyl (C=O) groups excluding carboxylic acids is 1. The van der Waals surface area contributed by atoms with E-state index >= 15 is 0 Å². The molecule has 2 rings (SSSR count). The Morgan fingerprint density at radius 1 is 1.39 bits per heavy atom. The maximum absolute atomic E-state index is 11.6. The van der Waals surface area contributed by atoms with E-state index in [1.165, 1.54) is 18.2 Å². The summed E-state index contributed by atoms with van der Waals surface area (Å²) in [7, 11) is 0. The molecule has 1 aromatic heterocycles. The van der Waals surface area contributed by atoms with E-state index in [-0.39, 0.29) is 10.8 Å². The standard InChI is InChI=1S/C11H10ClN3O3/c1-6-4-10(15-18-6)14-11(17)13-9-3-2-7(16)5-8(9)12/h2-5,16H,1H3,(H2,13,14,15,17). The van der Waals surface area contributed by atoms with Gasteiger partial charge in [-0.05, 0) is 19.1 Å². The Labute approximate surface area is 108 Å². The van der Waals surface area contributed by atoms with Crippen molar-refractivity contribution in [1.82, 2.24) is 5.16 Å². The van der Waals surface area contributed by atoms with Crippen molar-refractivity contribution in [2.24, 2.45) is 0 Å². The number of anilines is 2. The monoisotopic (exact) mass is 267 g/mol. The van der Waals surface area contributed by atoms with Crippen molar-refractivity contribution in [3.8, 4) is 5.75 Å². The van der Waals surface area contributed by atoms with E-state index in [9.17, 15) is 9.90 Å². The summed E-state index contributed by atoms with van der Waals surface area (Å²) in [6, 6.07) is 5.32. The molecule has 1 heterocycles. The highest BCUT2D eigenvalue weighted by atomic mass is 35.5. The average molecular weight is 268 g/mol. The molecule has 0 spiro atoms. The van der Waals surface area contributed by atoms with Crippen LogP contribution >= 0.6 is 11.6 Å². The second-order valence-electron chi connectivity index (χ2n) is 3.57. The quantitative estimate of drug-likeness (QED) is 0.730. The van der Waals surface area contributed by atoms with E-state index in [2.05, 4.69) is 15.8 Å². The minimum atomic E-state index is -0.504. The smallest absolute Gasteiger partial charge is 0.324 e. The van der Waals surface area contributed by atoms with Crippen molar-refractivity contribution in [3.63, 3.8) is 0 Å². The maximum atomic E-state index is 11.6. The zero-order chi connectivity index (χ0) is 13.1. The van der Waals surface area contributed by atoms with Gasteiger partial charge in [-0.3, -0.25) is 5.32 Å². The van der Waals surface area contributed by atoms with Crippen LogP contribution in [0.1, 0.15) is 5.76 Å². The molecule has 0 radical (unpaired) electrons. The second-order valence-corrected chi connectivity index (χ2v) is 3.97. The van der Waals surface area contributed by atoms with E-state index in [1.807, 2.05) is 0 Å². The molecule has 0 saturated heterocycles. The Balaban J connectivity index is 2.03. The van der Waals surface area contributed by atoms with E-state index in [1.54, 1.807) is 13.0 Å². The lowest BCUT2D eigenvalue weighted by Gasteiger charge is -2.07. The topological polar surface area (TPSA) is 87.4 Å². The predicted octanol–water partition coefficient (Wildman–Crippen LogP) is 2.99. The molecule has 0 fully saturated rings. The van der Waals surface area contributed by atoms with Crippen molar-refractivity contribution >= 4 is 29.1 Å². The summed E-state index contributed by atoms with van der Waals surface area (Å²) in [4.78, 5) is 11.6. The number of phenols is 1. The molecule has 94 valence electrons. The van der Waals surface area contributed by atoms with Crippen LogP contribution in [-0.2, 0) is 0 Å². The number of amides is 2. The first-order chi connectivity index (χ1) is 8.54. The molecule has 0 aliphatic carbocycles. The molecule has 2 amide bonds. The fraction of sp³-hybridized carbons (Fsp3) is 0.0909. The summed E-state index contributed by atoms with van der Waals surface area (Å²) in [5.74, 6) is 0.922. The SMILES string of the molecule is Cc1cc(NC(=O)Nc2ccc(O)cc2Cl)no1. The number of carbonyl (C=O) groups is 1. The normalized spacial score (nSPS) is 10.1. The molecular weight excluding hydrogens is 258 g/mol. The number of rotatable bonds is 2. The second kappa shape index (κ2) is 4.97. The van der Waals surface area contributed by atoms with Gasteiger partial charge in [0.05, 0.1) is 10.7 Å². The number of hydrogen-bond acceptors (Lipinski definition) is 4. The number of halogens is 1. The largest absolute Gasteiger partial charge is 0.508 e. The highest BCUT2D eigenvalue weighted by Gasteiger charge is 2.08. The van der Waals surface area contributed by atoms with Crippen LogP contribution < -0.4 is 10.6 Å². The van der Waals surface area contributed by atoms with Crippen LogP contribution in [0, 0.1) is 6.92 Å². The van der Waals surface area contributed by atoms with Gasteiger partial charge in [-0.25, -0.2) is 4.79 Å². The van der Waals surface area contributed by atoms with E-state index in [0.29, 0.717) is 17.3 Å². The van der Waals surface area contributed by atoms with Crippen molar-refractivity contribution in [2.45, 2.75) is 6.92 Å². The molecule has 0 unspecified atom stereocenters. The van der Waals surface area contributed by atoms with Crippen molar-refractivity contribution in [2.75, 3.05) is 10.6 Å². The summed E-state index contributed by atoms with van der Waals surface area (Å²) in [5.41, 5.74) is 0.382. The van der Waals surface area contributed by atoms with Gasteiger partial charge in [0, 0.05) is 12.1 Å². The van der Waals surface area contributed by atoms with Gasteiger partial charge in [0.2, 0.25) is 0 Å². The van der Waals surface area contributed by atoms with Gasteiger partial charge in [-0.2, -0.15) is 0 Å². The van der Waals surface area contributed by atoms with Gasteiger partial charge in [0.25, 0.3) is 0 Å². The first-order valence-electron chi connectivity index (χ1n) is 5.04. The first-order valence-corrected chi connectivity index (χ1v) is 5.42. The lowest BCUT2D eigenvalue weighted by atomic mass is 10.3. The van der Waals surface area contributed by atoms with Crippen LogP contribution in [0.3, 0.4) is 0 Å². The number of aryl methyl sites for hydroxylation is 1. The number of aromatic nitrogens is 1. The highest BCUT2D eigenvalue weighted by Crippen LogP contribution is 2.25. The summed E-state index contributed by atoms with van der Waals surface area (Å²) in [6.45, 7) is 1.72. The number of hydrogen-bond donors (Lipinski definition) is 3. The minimum Gasteiger partial charge on any atom is -0.508 e. The van der Waals surface area contributed by atoms with Crippen molar-refractivity contribution < 1.29 is 14.4 Å². The summed E-state index contributed by atoms with van der Waals surface area (Å²) in [5, 5.41) is 18.0. The number of aromatic hydroxyl groups is 1. The predicted molar refractivity (Wildman–Crippen MR) is 67.0 cm³/mol. The molecule has 1 aromatic carbocycles. The molecule has 6 nitrogen and oxygen atoms in total. The molecule has 0 saturated carbocycles. The van der Waals surface area contributed by atoms with Gasteiger partial charge in [0.15, 0.2) is 5.82 Å². The van der Waals surface area contributed by atoms with Gasteiger partial charge in [-0.15, -0.1) is 0 Å². The summed E-state index contributed by atoms with van der Waals surface area (Å²) < 4.78 is 4.80. The van der Waals surface area contributed by atoms with Crippen LogP contribution in [0.5, 0.6) is 5.75 Å². The molecule has 18 heavy (non-hydrogen) atoms. The zero-order valence-corrected chi connectivity index (χ0v) is 10.2. The summed E-state index contributed by atoms with van der Waals surface area (Å²) >= 11 is 5.84. The van der Waals surface area contributed by atoms with E-state index < -0.39 is 6.03 Å². The van der Waals surface area contributed by atoms with Gasteiger partial charge < -0.3 is 14.9 Å². The third-order valence-electron chi connectivity index (χ3n) is 2.07. The van der Waals surface area contributed by atoms with E-state index in [0.717, 1.165) is 0 Å². The molecule has 0 atom stereocenters. The Kier molecular flexibility index (Phi) is 3.38. The third-order valence-corrected chi connectivity index (χ3v) is 2.38. The number of phenolic OH excluding ortho intramolecular Hbond substituents is 1. The lowest BCUT2D eigenvalue weighted by Crippen LogP contribution is -2.19. The van der Waals surface area contributed by atoms with Gasteiger partial charge in [-0.1, -0.05) is 16.8 Å². The van der Waals surface area contributed by atoms with Crippen LogP contribution in [0.25, 0.3) is 0 Å². The molecule has 3 N–H and O–H groups in total. The molecule has 7 heteroatoms. The van der Waals surface area contributed by atoms with Crippen molar-refractivity contribution in [3.05, 3.63) is 35.0 Å².